The number of benzene rings is 1. The van der Waals surface area contributed by atoms with Crippen molar-refractivity contribution in [3.8, 4) is 0 Å². The molecule has 0 radical (unpaired) electrons. The molecular weight excluding hydrogens is 234 g/mol. The summed E-state index contributed by atoms with van der Waals surface area (Å²) < 4.78 is 0. The Morgan fingerprint density at radius 1 is 1.44 bits per heavy atom. The topological polar surface area (TPSA) is 75.5 Å². The number of hydrogen-bond donors (Lipinski definition) is 1. The van der Waals surface area contributed by atoms with Gasteiger partial charge in [0.25, 0.3) is 5.69 Å². The van der Waals surface area contributed by atoms with Gasteiger partial charge in [-0.15, -0.1) is 0 Å². The monoisotopic (exact) mass is 251 g/mol. The van der Waals surface area contributed by atoms with E-state index in [9.17, 15) is 14.9 Å². The van der Waals surface area contributed by atoms with Crippen molar-refractivity contribution in [1.29, 1.82) is 0 Å². The Kier molecular flexibility index (Phi) is 4.79. The lowest BCUT2D eigenvalue weighted by Gasteiger charge is -2.11. The van der Waals surface area contributed by atoms with Crippen LogP contribution >= 0.6 is 0 Å². The lowest BCUT2D eigenvalue weighted by atomic mass is 10.1. The van der Waals surface area contributed by atoms with Crippen LogP contribution in [0.3, 0.4) is 0 Å². The molecule has 0 fully saturated rings. The number of likely N-dealkylation sites (N-methyl/N-ethyl adjacent to an activating group) is 1. The van der Waals surface area contributed by atoms with Crippen LogP contribution in [0, 0.1) is 17.0 Å². The summed E-state index contributed by atoms with van der Waals surface area (Å²) in [5.41, 5.74) is 1.57. The molecule has 0 unspecified atom stereocenters. The van der Waals surface area contributed by atoms with E-state index in [0.29, 0.717) is 12.1 Å². The van der Waals surface area contributed by atoms with E-state index in [0.717, 1.165) is 5.56 Å². The van der Waals surface area contributed by atoms with E-state index in [4.69, 9.17) is 0 Å². The Morgan fingerprint density at radius 2 is 2.11 bits per heavy atom. The second kappa shape index (κ2) is 6.11. The lowest BCUT2D eigenvalue weighted by Crippen LogP contribution is -2.32. The van der Waals surface area contributed by atoms with Crippen LogP contribution in [0.15, 0.2) is 18.2 Å². The van der Waals surface area contributed by atoms with E-state index >= 15 is 0 Å². The quantitative estimate of drug-likeness (QED) is 0.627. The highest BCUT2D eigenvalue weighted by molar-refractivity contribution is 5.77. The predicted octanol–water partition coefficient (Wildman–Crippen LogP) is 1.08. The maximum absolute atomic E-state index is 11.3. The molecule has 18 heavy (non-hydrogen) atoms. The molecule has 98 valence electrons. The van der Waals surface area contributed by atoms with Gasteiger partial charge in [-0.05, 0) is 12.5 Å². The van der Waals surface area contributed by atoms with Gasteiger partial charge >= 0.3 is 0 Å². The SMILES string of the molecule is Cc1c(CNCC(=O)N(C)C)cccc1[N+](=O)[O-]. The number of hydrogen-bond acceptors (Lipinski definition) is 4. The first-order valence-corrected chi connectivity index (χ1v) is 5.57. The summed E-state index contributed by atoms with van der Waals surface area (Å²) in [5, 5.41) is 13.7. The fraction of sp³-hybridized carbons (Fsp3) is 0.417. The van der Waals surface area contributed by atoms with Crippen molar-refractivity contribution >= 4 is 11.6 Å². The molecule has 1 N–H and O–H groups in total. The third kappa shape index (κ3) is 3.53. The van der Waals surface area contributed by atoms with Crippen LogP contribution in [0.4, 0.5) is 5.69 Å². The zero-order valence-electron chi connectivity index (χ0n) is 10.8. The zero-order valence-corrected chi connectivity index (χ0v) is 10.8. The van der Waals surface area contributed by atoms with Gasteiger partial charge in [0, 0.05) is 32.3 Å². The summed E-state index contributed by atoms with van der Waals surface area (Å²) in [5.74, 6) is -0.0296. The van der Waals surface area contributed by atoms with Crippen LogP contribution in [-0.2, 0) is 11.3 Å². The first-order chi connectivity index (χ1) is 8.43. The Morgan fingerprint density at radius 3 is 2.67 bits per heavy atom. The van der Waals surface area contributed by atoms with E-state index in [1.54, 1.807) is 27.1 Å². The first kappa shape index (κ1) is 14.1. The van der Waals surface area contributed by atoms with Gasteiger partial charge < -0.3 is 10.2 Å². The highest BCUT2D eigenvalue weighted by Crippen LogP contribution is 2.20. The maximum Gasteiger partial charge on any atom is 0.272 e. The van der Waals surface area contributed by atoms with E-state index in [1.165, 1.54) is 11.0 Å². The second-order valence-electron chi connectivity index (χ2n) is 4.21. The molecule has 0 saturated carbocycles. The van der Waals surface area contributed by atoms with E-state index < -0.39 is 4.92 Å². The number of amides is 1. The normalized spacial score (nSPS) is 10.2. The molecular formula is C12H17N3O3. The van der Waals surface area contributed by atoms with Crippen molar-refractivity contribution in [2.24, 2.45) is 0 Å². The molecule has 0 spiro atoms. The van der Waals surface area contributed by atoms with Gasteiger partial charge in [-0.2, -0.15) is 0 Å². The van der Waals surface area contributed by atoms with E-state index in [1.807, 2.05) is 6.07 Å². The summed E-state index contributed by atoms with van der Waals surface area (Å²) in [6, 6.07) is 4.94. The Hall–Kier alpha value is -1.95. The molecule has 0 saturated heterocycles. The van der Waals surface area contributed by atoms with Crippen molar-refractivity contribution < 1.29 is 9.72 Å². The van der Waals surface area contributed by atoms with Gasteiger partial charge in [0.15, 0.2) is 0 Å². The van der Waals surface area contributed by atoms with Crippen LogP contribution in [0.25, 0.3) is 0 Å². The van der Waals surface area contributed by atoms with Crippen LogP contribution in [0.2, 0.25) is 0 Å². The van der Waals surface area contributed by atoms with Crippen molar-refractivity contribution in [3.63, 3.8) is 0 Å². The van der Waals surface area contributed by atoms with Crippen molar-refractivity contribution in [2.75, 3.05) is 20.6 Å². The van der Waals surface area contributed by atoms with Crippen molar-refractivity contribution in [2.45, 2.75) is 13.5 Å². The van der Waals surface area contributed by atoms with Crippen LogP contribution < -0.4 is 5.32 Å². The minimum Gasteiger partial charge on any atom is -0.348 e. The number of nitro benzene ring substituents is 1. The number of nitro groups is 1. The van der Waals surface area contributed by atoms with Gasteiger partial charge in [-0.1, -0.05) is 12.1 Å². The minimum absolute atomic E-state index is 0.0296. The Bertz CT molecular complexity index is 458. The molecule has 1 aromatic carbocycles. The minimum atomic E-state index is -0.399. The molecule has 0 heterocycles. The predicted molar refractivity (Wildman–Crippen MR) is 68.2 cm³/mol. The first-order valence-electron chi connectivity index (χ1n) is 5.57. The molecule has 0 aromatic heterocycles. The smallest absolute Gasteiger partial charge is 0.272 e. The van der Waals surface area contributed by atoms with Crippen LogP contribution in [-0.4, -0.2) is 36.4 Å². The number of nitrogens with zero attached hydrogens (tertiary/aromatic N) is 2. The largest absolute Gasteiger partial charge is 0.348 e. The van der Waals surface area contributed by atoms with Crippen LogP contribution in [0.1, 0.15) is 11.1 Å². The molecule has 6 heteroatoms. The average Bonchev–Trinajstić information content (AvgIpc) is 2.30. The third-order valence-corrected chi connectivity index (χ3v) is 2.70. The number of carbonyl (C=O) groups is 1. The van der Waals surface area contributed by atoms with Crippen molar-refractivity contribution in [1.82, 2.24) is 10.2 Å². The standard InChI is InChI=1S/C12H17N3O3/c1-9-10(5-4-6-11(9)15(17)18)7-13-8-12(16)14(2)3/h4-6,13H,7-8H2,1-3H3. The Balaban J connectivity index is 2.66. The van der Waals surface area contributed by atoms with Gasteiger partial charge in [-0.25, -0.2) is 0 Å². The average molecular weight is 251 g/mol. The summed E-state index contributed by atoms with van der Waals surface area (Å²) in [4.78, 5) is 23.2. The molecule has 0 atom stereocenters. The lowest BCUT2D eigenvalue weighted by molar-refractivity contribution is -0.385. The van der Waals surface area contributed by atoms with E-state index in [-0.39, 0.29) is 18.1 Å². The summed E-state index contributed by atoms with van der Waals surface area (Å²) >= 11 is 0. The molecule has 0 aliphatic heterocycles. The number of carbonyl (C=O) groups excluding carboxylic acids is 1. The highest BCUT2D eigenvalue weighted by Gasteiger charge is 2.13. The van der Waals surface area contributed by atoms with Crippen molar-refractivity contribution in [3.05, 3.63) is 39.4 Å². The summed E-state index contributed by atoms with van der Waals surface area (Å²) in [6.07, 6.45) is 0. The molecule has 0 aliphatic rings. The van der Waals surface area contributed by atoms with Gasteiger partial charge in [0.05, 0.1) is 11.5 Å². The Labute approximate surface area is 106 Å². The fourth-order valence-electron chi connectivity index (χ4n) is 1.52. The summed E-state index contributed by atoms with van der Waals surface area (Å²) in [7, 11) is 3.37. The highest BCUT2D eigenvalue weighted by atomic mass is 16.6. The van der Waals surface area contributed by atoms with Gasteiger partial charge in [0.2, 0.25) is 5.91 Å². The molecule has 1 rings (SSSR count). The summed E-state index contributed by atoms with van der Waals surface area (Å²) in [6.45, 7) is 2.37. The molecule has 0 aliphatic carbocycles. The van der Waals surface area contributed by atoms with E-state index in [2.05, 4.69) is 5.32 Å². The number of rotatable bonds is 5. The molecule has 0 bridgehead atoms. The molecule has 1 aromatic rings. The van der Waals surface area contributed by atoms with Crippen LogP contribution in [0.5, 0.6) is 0 Å². The zero-order chi connectivity index (χ0) is 13.7. The number of nitrogens with one attached hydrogen (secondary N) is 1. The second-order valence-corrected chi connectivity index (χ2v) is 4.21. The van der Waals surface area contributed by atoms with Gasteiger partial charge in [0.1, 0.15) is 0 Å². The fourth-order valence-corrected chi connectivity index (χ4v) is 1.52. The maximum atomic E-state index is 11.3. The molecule has 1 amide bonds. The van der Waals surface area contributed by atoms with Gasteiger partial charge in [-0.3, -0.25) is 14.9 Å². The molecule has 6 nitrogen and oxygen atoms in total. The third-order valence-electron chi connectivity index (χ3n) is 2.70.